The van der Waals surface area contributed by atoms with Crippen LogP contribution in [0.2, 0.25) is 5.32 Å². The van der Waals surface area contributed by atoms with Gasteiger partial charge in [0, 0.05) is 0 Å². The van der Waals surface area contributed by atoms with Gasteiger partial charge in [0.1, 0.15) is 0 Å². The molecule has 0 radical (unpaired) electrons. The average Bonchev–Trinajstić information content (AvgIpc) is 2.33. The van der Waals surface area contributed by atoms with Crippen molar-refractivity contribution in [1.29, 1.82) is 0 Å². The Labute approximate surface area is 105 Å². The third-order valence-electron chi connectivity index (χ3n) is 2.54. The number of halogens is 1. The van der Waals surface area contributed by atoms with Crippen LogP contribution in [0.5, 0.6) is 0 Å². The number of benzene rings is 1. The number of alkyl halides is 1. The van der Waals surface area contributed by atoms with Crippen LogP contribution in [0.15, 0.2) is 30.3 Å². The maximum absolute atomic E-state index is 13.5. The van der Waals surface area contributed by atoms with Gasteiger partial charge in [0.05, 0.1) is 0 Å². The zero-order valence-electron chi connectivity index (χ0n) is 9.99. The molecule has 1 atom stereocenters. The number of hydrogen-bond acceptors (Lipinski definition) is 0. The van der Waals surface area contributed by atoms with Crippen molar-refractivity contribution in [1.82, 2.24) is 0 Å². The van der Waals surface area contributed by atoms with E-state index in [1.807, 2.05) is 18.2 Å². The molecule has 16 heavy (non-hydrogen) atoms. The Kier molecular flexibility index (Phi) is 7.54. The van der Waals surface area contributed by atoms with Gasteiger partial charge in [0.25, 0.3) is 0 Å². The molecule has 0 saturated carbocycles. The molecular weight excluding hydrogens is 266 g/mol. The first-order chi connectivity index (χ1) is 7.83. The molecule has 0 aliphatic rings. The topological polar surface area (TPSA) is 0 Å². The van der Waals surface area contributed by atoms with E-state index in [1.165, 1.54) is 23.7 Å². The van der Waals surface area contributed by atoms with Crippen LogP contribution >= 0.6 is 0 Å². The molecule has 1 unspecified atom stereocenters. The van der Waals surface area contributed by atoms with Crippen LogP contribution in [0.1, 0.15) is 39.0 Å². The van der Waals surface area contributed by atoms with Gasteiger partial charge in [0.2, 0.25) is 0 Å². The number of hydrogen-bond donors (Lipinski definition) is 0. The summed E-state index contributed by atoms with van der Waals surface area (Å²) in [4.78, 5) is 0. The Morgan fingerprint density at radius 2 is 1.88 bits per heavy atom. The average molecular weight is 287 g/mol. The normalized spacial score (nSPS) is 12.6. The summed E-state index contributed by atoms with van der Waals surface area (Å²) in [5.41, 5.74) is 0. The first-order valence-electron chi connectivity index (χ1n) is 6.15. The molecule has 0 fully saturated rings. The van der Waals surface area contributed by atoms with Crippen LogP contribution in [0.3, 0.4) is 0 Å². The standard InChI is InChI=1S/C14H21FSe/c1-2-3-4-6-9-13(15)12-16-14-10-7-5-8-11-14/h5,7-8,10-11,13H,2-4,6,9,12H2,1H3. The summed E-state index contributed by atoms with van der Waals surface area (Å²) in [6.07, 6.45) is 4.89. The second-order valence-corrected chi connectivity index (χ2v) is 6.36. The molecule has 90 valence electrons. The molecule has 1 aromatic carbocycles. The molecule has 0 saturated heterocycles. The van der Waals surface area contributed by atoms with Crippen LogP contribution in [-0.2, 0) is 0 Å². The third-order valence-corrected chi connectivity index (χ3v) is 4.92. The molecule has 0 spiro atoms. The summed E-state index contributed by atoms with van der Waals surface area (Å²) >= 11 is 0.311. The summed E-state index contributed by atoms with van der Waals surface area (Å²) < 4.78 is 14.8. The van der Waals surface area contributed by atoms with Gasteiger partial charge >= 0.3 is 105 Å². The fourth-order valence-corrected chi connectivity index (χ4v) is 3.45. The Bertz CT molecular complexity index is 261. The van der Waals surface area contributed by atoms with Gasteiger partial charge in [-0.15, -0.1) is 0 Å². The summed E-state index contributed by atoms with van der Waals surface area (Å²) in [6.45, 7) is 2.19. The molecule has 0 N–H and O–H groups in total. The van der Waals surface area contributed by atoms with Crippen molar-refractivity contribution in [3.8, 4) is 0 Å². The molecular formula is C14H21FSe. The van der Waals surface area contributed by atoms with Crippen molar-refractivity contribution in [2.75, 3.05) is 0 Å². The summed E-state index contributed by atoms with van der Waals surface area (Å²) in [7, 11) is 0. The molecule has 1 rings (SSSR count). The second-order valence-electron chi connectivity index (χ2n) is 4.07. The molecule has 0 bridgehead atoms. The molecule has 0 nitrogen and oxygen atoms in total. The Morgan fingerprint density at radius 3 is 2.56 bits per heavy atom. The zero-order chi connectivity index (χ0) is 11.6. The first-order valence-corrected chi connectivity index (χ1v) is 8.21. The van der Waals surface area contributed by atoms with Gasteiger partial charge in [-0.05, 0) is 0 Å². The monoisotopic (exact) mass is 288 g/mol. The molecule has 0 heterocycles. The van der Waals surface area contributed by atoms with Crippen molar-refractivity contribution in [2.24, 2.45) is 0 Å². The molecule has 0 amide bonds. The van der Waals surface area contributed by atoms with Crippen molar-refractivity contribution in [2.45, 2.75) is 50.5 Å². The molecule has 1 aromatic rings. The predicted octanol–water partition coefficient (Wildman–Crippen LogP) is 3.74. The van der Waals surface area contributed by atoms with Gasteiger partial charge in [0.15, 0.2) is 0 Å². The van der Waals surface area contributed by atoms with E-state index in [0.29, 0.717) is 15.0 Å². The van der Waals surface area contributed by atoms with E-state index in [-0.39, 0.29) is 0 Å². The van der Waals surface area contributed by atoms with Gasteiger partial charge < -0.3 is 0 Å². The minimum atomic E-state index is -0.586. The molecule has 2 heteroatoms. The van der Waals surface area contributed by atoms with Crippen LogP contribution < -0.4 is 4.46 Å². The SMILES string of the molecule is CCCCCCC(F)C[Se]c1ccccc1. The molecule has 0 aromatic heterocycles. The van der Waals surface area contributed by atoms with Crippen molar-refractivity contribution >= 4 is 19.4 Å². The van der Waals surface area contributed by atoms with Crippen molar-refractivity contribution in [3.63, 3.8) is 0 Å². The number of rotatable bonds is 8. The van der Waals surface area contributed by atoms with Crippen molar-refractivity contribution in [3.05, 3.63) is 30.3 Å². The number of unbranched alkanes of at least 4 members (excludes halogenated alkanes) is 3. The summed E-state index contributed by atoms with van der Waals surface area (Å²) in [6, 6.07) is 10.3. The fraction of sp³-hybridized carbons (Fsp3) is 0.571. The summed E-state index contributed by atoms with van der Waals surface area (Å²) in [5, 5.41) is 0.739. The maximum atomic E-state index is 13.5. The van der Waals surface area contributed by atoms with Gasteiger partial charge in [-0.1, -0.05) is 0 Å². The quantitative estimate of drug-likeness (QED) is 0.504. The van der Waals surface area contributed by atoms with Crippen LogP contribution in [0.4, 0.5) is 4.39 Å². The van der Waals surface area contributed by atoms with E-state index in [0.717, 1.165) is 18.2 Å². The van der Waals surface area contributed by atoms with E-state index in [4.69, 9.17) is 0 Å². The van der Waals surface area contributed by atoms with Gasteiger partial charge in [-0.2, -0.15) is 0 Å². The first kappa shape index (κ1) is 13.7. The van der Waals surface area contributed by atoms with E-state index in [2.05, 4.69) is 19.1 Å². The van der Waals surface area contributed by atoms with Crippen LogP contribution in [0.25, 0.3) is 0 Å². The van der Waals surface area contributed by atoms with E-state index in [9.17, 15) is 4.39 Å². The van der Waals surface area contributed by atoms with Crippen LogP contribution in [-0.4, -0.2) is 21.1 Å². The molecule has 0 aliphatic carbocycles. The van der Waals surface area contributed by atoms with Crippen LogP contribution in [0, 0.1) is 0 Å². The summed E-state index contributed by atoms with van der Waals surface area (Å²) in [5.74, 6) is 0. The second kappa shape index (κ2) is 8.78. The Hall–Kier alpha value is -0.331. The zero-order valence-corrected chi connectivity index (χ0v) is 11.7. The van der Waals surface area contributed by atoms with E-state index >= 15 is 0 Å². The van der Waals surface area contributed by atoms with E-state index in [1.54, 1.807) is 0 Å². The van der Waals surface area contributed by atoms with E-state index < -0.39 is 6.17 Å². The Morgan fingerprint density at radius 1 is 1.12 bits per heavy atom. The fourth-order valence-electron chi connectivity index (χ4n) is 1.58. The minimum absolute atomic E-state index is 0.311. The van der Waals surface area contributed by atoms with Crippen molar-refractivity contribution < 1.29 is 4.39 Å². The third kappa shape index (κ3) is 6.30. The predicted molar refractivity (Wildman–Crippen MR) is 70.3 cm³/mol. The van der Waals surface area contributed by atoms with Gasteiger partial charge in [-0.25, -0.2) is 0 Å². The molecule has 0 aliphatic heterocycles. The Balaban J connectivity index is 2.08. The van der Waals surface area contributed by atoms with Gasteiger partial charge in [-0.3, -0.25) is 0 Å².